The van der Waals surface area contributed by atoms with E-state index in [-0.39, 0.29) is 18.5 Å². The zero-order valence-electron chi connectivity index (χ0n) is 58.8. The van der Waals surface area contributed by atoms with Gasteiger partial charge in [0, 0.05) is 12.8 Å². The summed E-state index contributed by atoms with van der Waals surface area (Å²) >= 11 is 0. The summed E-state index contributed by atoms with van der Waals surface area (Å²) in [5, 5.41) is 23.2. The third-order valence-electron chi connectivity index (χ3n) is 18.3. The Kier molecular flexibility index (Phi) is 74.4. The van der Waals surface area contributed by atoms with E-state index in [9.17, 15) is 19.8 Å². The molecule has 0 bridgehead atoms. The summed E-state index contributed by atoms with van der Waals surface area (Å²) in [7, 11) is 0. The Morgan fingerprint density at radius 3 is 0.885 bits per heavy atom. The fourth-order valence-corrected chi connectivity index (χ4v) is 12.3. The molecular weight excluding hydrogens is 1070 g/mol. The first-order valence-electron chi connectivity index (χ1n) is 39.4. The van der Waals surface area contributed by atoms with Crippen LogP contribution in [0.3, 0.4) is 0 Å². The molecule has 6 heteroatoms. The summed E-state index contributed by atoms with van der Waals surface area (Å²) in [6.07, 6.45) is 101. The van der Waals surface area contributed by atoms with Gasteiger partial charge in [0.05, 0.1) is 25.4 Å². The summed E-state index contributed by atoms with van der Waals surface area (Å²) in [4.78, 5) is 24.6. The SMILES string of the molecule is CCCCCCCC/C=C\CCCCCCCC(=O)OCCCCCCCCCCCCCCC/C=C\C/C=C\CCCCCCCCCCCCCCCCCCCC(=O)NC(CO)C(O)/C=C/CCCCCCCCCCCCCCCCCC. The molecule has 0 radical (unpaired) electrons. The van der Waals surface area contributed by atoms with Crippen molar-refractivity contribution in [1.82, 2.24) is 5.32 Å². The molecule has 0 spiro atoms. The fraction of sp³-hybridized carbons (Fsp3) is 0.877. The molecule has 6 nitrogen and oxygen atoms in total. The van der Waals surface area contributed by atoms with Crippen molar-refractivity contribution in [3.05, 3.63) is 48.6 Å². The second-order valence-corrected chi connectivity index (χ2v) is 27.0. The number of nitrogens with one attached hydrogen (secondary N) is 1. The van der Waals surface area contributed by atoms with E-state index in [1.54, 1.807) is 6.08 Å². The Morgan fingerprint density at radius 2 is 0.575 bits per heavy atom. The van der Waals surface area contributed by atoms with Crippen molar-refractivity contribution in [2.24, 2.45) is 0 Å². The number of esters is 1. The summed E-state index contributed by atoms with van der Waals surface area (Å²) in [5.74, 6) is -0.0509. The molecule has 0 aromatic carbocycles. The lowest BCUT2D eigenvalue weighted by Crippen LogP contribution is -2.45. The van der Waals surface area contributed by atoms with Crippen molar-refractivity contribution in [2.45, 2.75) is 443 Å². The predicted molar refractivity (Wildman–Crippen MR) is 384 cm³/mol. The number of hydrogen-bond acceptors (Lipinski definition) is 5. The lowest BCUT2D eigenvalue weighted by Gasteiger charge is -2.20. The van der Waals surface area contributed by atoms with Crippen LogP contribution in [0.5, 0.6) is 0 Å². The van der Waals surface area contributed by atoms with Crippen molar-refractivity contribution in [2.75, 3.05) is 13.2 Å². The molecule has 87 heavy (non-hydrogen) atoms. The maximum atomic E-state index is 12.5. The number of rotatable bonds is 74. The van der Waals surface area contributed by atoms with Crippen LogP contribution in [-0.2, 0) is 14.3 Å². The number of aliphatic hydroxyl groups is 2. The van der Waals surface area contributed by atoms with Gasteiger partial charge < -0.3 is 20.3 Å². The van der Waals surface area contributed by atoms with Crippen LogP contribution in [-0.4, -0.2) is 47.4 Å². The molecule has 0 rings (SSSR count). The normalized spacial score (nSPS) is 12.7. The second kappa shape index (κ2) is 76.3. The van der Waals surface area contributed by atoms with Crippen molar-refractivity contribution >= 4 is 11.9 Å². The molecule has 0 fully saturated rings. The minimum absolute atomic E-state index is 0.0110. The molecule has 0 aliphatic heterocycles. The van der Waals surface area contributed by atoms with E-state index in [0.717, 1.165) is 51.4 Å². The number of unbranched alkanes of at least 4 members (excludes halogenated alkanes) is 57. The third-order valence-corrected chi connectivity index (χ3v) is 18.3. The van der Waals surface area contributed by atoms with Gasteiger partial charge >= 0.3 is 5.97 Å². The summed E-state index contributed by atoms with van der Waals surface area (Å²) < 4.78 is 5.49. The van der Waals surface area contributed by atoms with Gasteiger partial charge in [-0.25, -0.2) is 0 Å². The van der Waals surface area contributed by atoms with Crippen LogP contribution >= 0.6 is 0 Å². The van der Waals surface area contributed by atoms with Crippen LogP contribution in [0.2, 0.25) is 0 Å². The molecule has 0 saturated heterocycles. The number of ether oxygens (including phenoxy) is 1. The van der Waals surface area contributed by atoms with Crippen molar-refractivity contribution in [3.63, 3.8) is 0 Å². The maximum absolute atomic E-state index is 12.5. The molecule has 0 aliphatic rings. The Balaban J connectivity index is 3.38. The standard InChI is InChI=1S/C81H153NO5/c1-3-5-7-9-11-13-15-17-19-20-42-46-49-53-57-61-65-69-73-79(84)78(77-83)82-80(85)74-70-66-62-58-54-50-47-43-40-38-36-34-32-30-28-26-24-22-21-23-25-27-29-31-33-35-37-39-41-44-48-52-56-60-64-68-72-76-87-81(86)75-71-67-63-59-55-51-45-18-16-14-12-10-8-6-4-2/h18,21,23,27,29,45,69,73,78-79,83-84H,3-17,19-20,22,24-26,28,30-44,46-68,70-72,74-77H2,1-2H3,(H,82,85)/b23-21-,29-27-,45-18-,73-69+. The fourth-order valence-electron chi connectivity index (χ4n) is 12.3. The number of hydrogen-bond donors (Lipinski definition) is 3. The first-order valence-corrected chi connectivity index (χ1v) is 39.4. The first-order chi connectivity index (χ1) is 43.0. The monoisotopic (exact) mass is 1220 g/mol. The van der Waals surface area contributed by atoms with E-state index in [1.165, 1.54) is 353 Å². The van der Waals surface area contributed by atoms with Crippen LogP contribution in [0.1, 0.15) is 431 Å². The molecule has 1 amide bonds. The number of allylic oxidation sites excluding steroid dienone is 7. The second-order valence-electron chi connectivity index (χ2n) is 27.0. The summed E-state index contributed by atoms with van der Waals surface area (Å²) in [6.45, 7) is 4.93. The number of carbonyl (C=O) groups is 2. The minimum atomic E-state index is -0.844. The highest BCUT2D eigenvalue weighted by Gasteiger charge is 2.18. The van der Waals surface area contributed by atoms with Gasteiger partial charge in [0.25, 0.3) is 0 Å². The van der Waals surface area contributed by atoms with Gasteiger partial charge in [-0.1, -0.05) is 377 Å². The van der Waals surface area contributed by atoms with Crippen LogP contribution < -0.4 is 5.32 Å². The Labute approximate surface area is 544 Å². The summed E-state index contributed by atoms with van der Waals surface area (Å²) in [5.41, 5.74) is 0. The lowest BCUT2D eigenvalue weighted by molar-refractivity contribution is -0.143. The van der Waals surface area contributed by atoms with E-state index >= 15 is 0 Å². The molecule has 2 atom stereocenters. The van der Waals surface area contributed by atoms with E-state index in [0.29, 0.717) is 19.4 Å². The first kappa shape index (κ1) is 84.8. The summed E-state index contributed by atoms with van der Waals surface area (Å²) in [6, 6.07) is -0.627. The minimum Gasteiger partial charge on any atom is -0.466 e. The Morgan fingerprint density at radius 1 is 0.322 bits per heavy atom. The van der Waals surface area contributed by atoms with Gasteiger partial charge in [-0.2, -0.15) is 0 Å². The topological polar surface area (TPSA) is 95.9 Å². The highest BCUT2D eigenvalue weighted by molar-refractivity contribution is 5.76. The van der Waals surface area contributed by atoms with Gasteiger partial charge in [-0.15, -0.1) is 0 Å². The van der Waals surface area contributed by atoms with Crippen molar-refractivity contribution in [1.29, 1.82) is 0 Å². The highest BCUT2D eigenvalue weighted by Crippen LogP contribution is 2.19. The number of amides is 1. The number of aliphatic hydroxyl groups excluding tert-OH is 2. The van der Waals surface area contributed by atoms with Crippen LogP contribution in [0.25, 0.3) is 0 Å². The van der Waals surface area contributed by atoms with Gasteiger partial charge in [0.1, 0.15) is 0 Å². The van der Waals surface area contributed by atoms with E-state index in [2.05, 4.69) is 55.6 Å². The van der Waals surface area contributed by atoms with Crippen LogP contribution in [0, 0.1) is 0 Å². The third kappa shape index (κ3) is 72.8. The van der Waals surface area contributed by atoms with E-state index < -0.39 is 12.1 Å². The van der Waals surface area contributed by atoms with Crippen LogP contribution in [0.4, 0.5) is 0 Å². The highest BCUT2D eigenvalue weighted by atomic mass is 16.5. The van der Waals surface area contributed by atoms with Gasteiger partial charge in [0.15, 0.2) is 0 Å². The van der Waals surface area contributed by atoms with Gasteiger partial charge in [-0.05, 0) is 89.9 Å². The molecule has 0 aromatic heterocycles. The molecule has 512 valence electrons. The molecule has 0 heterocycles. The molecule has 0 aromatic rings. The molecule has 2 unspecified atom stereocenters. The van der Waals surface area contributed by atoms with Crippen molar-refractivity contribution in [3.8, 4) is 0 Å². The van der Waals surface area contributed by atoms with E-state index in [4.69, 9.17) is 4.74 Å². The Hall–Kier alpha value is -2.18. The van der Waals surface area contributed by atoms with E-state index in [1.807, 2.05) is 6.08 Å². The zero-order valence-corrected chi connectivity index (χ0v) is 58.8. The molecular formula is C81H153NO5. The largest absolute Gasteiger partial charge is 0.466 e. The molecule has 3 N–H and O–H groups in total. The molecule has 0 saturated carbocycles. The molecule has 0 aliphatic carbocycles. The van der Waals surface area contributed by atoms with Gasteiger partial charge in [0.2, 0.25) is 5.91 Å². The smallest absolute Gasteiger partial charge is 0.305 e. The number of carbonyl (C=O) groups excluding carboxylic acids is 2. The maximum Gasteiger partial charge on any atom is 0.305 e. The lowest BCUT2D eigenvalue weighted by atomic mass is 10.0. The zero-order chi connectivity index (χ0) is 62.8. The average Bonchev–Trinajstić information content (AvgIpc) is 3.52. The van der Waals surface area contributed by atoms with Crippen LogP contribution in [0.15, 0.2) is 48.6 Å². The van der Waals surface area contributed by atoms with Crippen molar-refractivity contribution < 1.29 is 24.5 Å². The Bertz CT molecular complexity index is 1450. The quantitative estimate of drug-likeness (QED) is 0.0320. The average molecular weight is 1220 g/mol. The predicted octanol–water partition coefficient (Wildman–Crippen LogP) is 26.0. The van der Waals surface area contributed by atoms with Gasteiger partial charge in [-0.3, -0.25) is 9.59 Å².